The van der Waals surface area contributed by atoms with Gasteiger partial charge < -0.3 is 9.13 Å². The highest BCUT2D eigenvalue weighted by Crippen LogP contribution is 2.46. The van der Waals surface area contributed by atoms with E-state index in [0.717, 1.165) is 122 Å². The molecule has 7 heteroatoms. The van der Waals surface area contributed by atoms with Crippen molar-refractivity contribution < 1.29 is 13.2 Å². The van der Waals surface area contributed by atoms with Crippen LogP contribution in [0.15, 0.2) is 224 Å². The number of halogens is 3. The molecule has 382 valence electrons. The maximum absolute atomic E-state index is 15.2. The Hall–Kier alpha value is -10.2. The van der Waals surface area contributed by atoms with Crippen molar-refractivity contribution in [3.05, 3.63) is 263 Å². The molecule has 0 spiro atoms. The summed E-state index contributed by atoms with van der Waals surface area (Å²) in [5.41, 5.74) is 18.9. The van der Waals surface area contributed by atoms with Crippen molar-refractivity contribution in [3.8, 4) is 90.3 Å². The van der Waals surface area contributed by atoms with E-state index in [-0.39, 0.29) is 16.7 Å². The molecule has 11 aromatic carbocycles. The summed E-state index contributed by atoms with van der Waals surface area (Å²) in [7, 11) is 0. The average molecular weight is 1040 g/mol. The number of hydrogen-bond donors (Lipinski definition) is 0. The Labute approximate surface area is 461 Å². The first-order chi connectivity index (χ1) is 38.8. The molecule has 0 aliphatic rings. The Kier molecular flexibility index (Phi) is 11.9. The fourth-order valence-electron chi connectivity index (χ4n) is 11.8. The van der Waals surface area contributed by atoms with Gasteiger partial charge in [0.1, 0.15) is 0 Å². The number of fused-ring (bicyclic) bond motifs is 6. The lowest BCUT2D eigenvalue weighted by molar-refractivity contribution is -0.137. The number of alkyl halides is 3. The first-order valence-corrected chi connectivity index (χ1v) is 26.6. The number of benzene rings is 11. The smallest absolute Gasteiger partial charge is 0.309 e. The van der Waals surface area contributed by atoms with Crippen LogP contribution < -0.4 is 0 Å². The van der Waals surface area contributed by atoms with Crippen molar-refractivity contribution in [1.82, 2.24) is 9.13 Å². The van der Waals surface area contributed by atoms with Gasteiger partial charge in [-0.15, -0.1) is 0 Å². The van der Waals surface area contributed by atoms with Crippen LogP contribution in [0.1, 0.15) is 38.9 Å². The van der Waals surface area contributed by atoms with Gasteiger partial charge in [0.05, 0.1) is 56.6 Å². The van der Waals surface area contributed by atoms with E-state index in [4.69, 9.17) is 0 Å². The normalized spacial score (nSPS) is 11.7. The molecule has 0 N–H and O–H groups in total. The summed E-state index contributed by atoms with van der Waals surface area (Å²) in [6, 6.07) is 79.1. The topological polar surface area (TPSA) is 57.4 Å². The van der Waals surface area contributed by atoms with E-state index in [0.29, 0.717) is 22.4 Å². The van der Waals surface area contributed by atoms with Crippen LogP contribution in [-0.2, 0) is 6.18 Å². The SMILES string of the molecule is Cc1cccc(-c2ccc3c(c2)c2cc(-c4cccc(C)c4)ccc2n3-c2ccc(C#N)c(-c3cc(-c4ccc(C#N)cc4C(F)(F)F)ccc3-n3c4ccc(-c5cccc(C)c5)cc4c4cc(-c5cccc(C)c5)ccc43)c2)c1. The average Bonchev–Trinajstić information content (AvgIpc) is 4.09. The van der Waals surface area contributed by atoms with E-state index < -0.39 is 11.7 Å². The summed E-state index contributed by atoms with van der Waals surface area (Å²) < 4.78 is 50.0. The summed E-state index contributed by atoms with van der Waals surface area (Å²) in [6.07, 6.45) is -4.77. The molecule has 0 unspecified atom stereocenters. The summed E-state index contributed by atoms with van der Waals surface area (Å²) in [5.74, 6) is 0. The Morgan fingerprint density at radius 2 is 0.750 bits per heavy atom. The van der Waals surface area contributed by atoms with Crippen LogP contribution in [0.3, 0.4) is 0 Å². The number of aryl methyl sites for hydroxylation is 4. The fourth-order valence-corrected chi connectivity index (χ4v) is 11.8. The third-order valence-corrected chi connectivity index (χ3v) is 15.6. The van der Waals surface area contributed by atoms with Crippen molar-refractivity contribution in [2.45, 2.75) is 33.9 Å². The second-order valence-electron chi connectivity index (χ2n) is 21.0. The molecule has 13 aromatic rings. The van der Waals surface area contributed by atoms with Gasteiger partial charge in [0, 0.05) is 38.4 Å². The summed E-state index contributed by atoms with van der Waals surface area (Å²) in [4.78, 5) is 0. The van der Waals surface area contributed by atoms with Crippen LogP contribution in [0.2, 0.25) is 0 Å². The first-order valence-electron chi connectivity index (χ1n) is 26.6. The van der Waals surface area contributed by atoms with Gasteiger partial charge in [-0.2, -0.15) is 23.7 Å². The van der Waals surface area contributed by atoms with Crippen molar-refractivity contribution in [3.63, 3.8) is 0 Å². The third-order valence-electron chi connectivity index (χ3n) is 15.6. The predicted octanol–water partition coefficient (Wildman–Crippen LogP) is 19.9. The van der Waals surface area contributed by atoms with Crippen LogP contribution in [-0.4, -0.2) is 9.13 Å². The molecule has 0 saturated carbocycles. The number of hydrogen-bond acceptors (Lipinski definition) is 2. The molecule has 0 aliphatic carbocycles. The molecule has 4 nitrogen and oxygen atoms in total. The highest BCUT2D eigenvalue weighted by molar-refractivity contribution is 6.13. The van der Waals surface area contributed by atoms with E-state index in [2.05, 4.69) is 213 Å². The molecule has 2 aromatic heterocycles. The molecule has 0 radical (unpaired) electrons. The zero-order chi connectivity index (χ0) is 55.0. The number of aromatic nitrogens is 2. The van der Waals surface area contributed by atoms with Crippen LogP contribution in [0, 0.1) is 50.4 Å². The summed E-state index contributed by atoms with van der Waals surface area (Å²) in [5, 5.41) is 25.0. The maximum atomic E-state index is 15.2. The fraction of sp³-hybridized carbons (Fsp3) is 0.0685. The Balaban J connectivity index is 1.09. The van der Waals surface area contributed by atoms with E-state index >= 15 is 13.2 Å². The van der Waals surface area contributed by atoms with Crippen molar-refractivity contribution in [2.75, 3.05) is 0 Å². The van der Waals surface area contributed by atoms with Crippen molar-refractivity contribution >= 4 is 43.6 Å². The molecule has 0 amide bonds. The van der Waals surface area contributed by atoms with Gasteiger partial charge in [-0.05, 0) is 174 Å². The van der Waals surface area contributed by atoms with Gasteiger partial charge in [-0.3, -0.25) is 0 Å². The molecule has 0 aliphatic heterocycles. The van der Waals surface area contributed by atoms with Gasteiger partial charge in [0.25, 0.3) is 0 Å². The van der Waals surface area contributed by atoms with Gasteiger partial charge in [0.15, 0.2) is 0 Å². The van der Waals surface area contributed by atoms with Crippen molar-refractivity contribution in [2.24, 2.45) is 0 Å². The Morgan fingerprint density at radius 3 is 1.15 bits per heavy atom. The lowest BCUT2D eigenvalue weighted by Crippen LogP contribution is -2.08. The lowest BCUT2D eigenvalue weighted by Gasteiger charge is -2.20. The van der Waals surface area contributed by atoms with Gasteiger partial charge in [-0.25, -0.2) is 0 Å². The zero-order valence-corrected chi connectivity index (χ0v) is 44.3. The summed E-state index contributed by atoms with van der Waals surface area (Å²) >= 11 is 0. The summed E-state index contributed by atoms with van der Waals surface area (Å²) in [6.45, 7) is 8.35. The van der Waals surface area contributed by atoms with E-state index in [1.165, 1.54) is 12.1 Å². The lowest BCUT2D eigenvalue weighted by atomic mass is 9.91. The Morgan fingerprint density at radius 1 is 0.338 bits per heavy atom. The maximum Gasteiger partial charge on any atom is 0.417 e. The minimum Gasteiger partial charge on any atom is -0.309 e. The molecule has 2 heterocycles. The van der Waals surface area contributed by atoms with Crippen LogP contribution in [0.4, 0.5) is 13.2 Å². The minimum absolute atomic E-state index is 0.0806. The zero-order valence-electron chi connectivity index (χ0n) is 44.3. The molecule has 0 saturated heterocycles. The molecule has 0 atom stereocenters. The number of nitriles is 2. The van der Waals surface area contributed by atoms with Crippen molar-refractivity contribution in [1.29, 1.82) is 10.5 Å². The van der Waals surface area contributed by atoms with Crippen LogP contribution >= 0.6 is 0 Å². The largest absolute Gasteiger partial charge is 0.417 e. The van der Waals surface area contributed by atoms with E-state index in [1.54, 1.807) is 12.1 Å². The van der Waals surface area contributed by atoms with Gasteiger partial charge >= 0.3 is 6.18 Å². The standard InChI is InChI=1S/C73H49F3N4/c1-44-9-5-13-49(31-44)53-19-26-68-63(36-53)64-37-54(50-14-6-10-45(2)32-50)20-27-69(64)79(68)59-24-18-58(43-78)61(41-59)62-40-57(60-25-17-48(42-77)35-67(60)73(74,75)76)23-30-70(62)80-71-28-21-55(51-15-7-11-46(3)33-51)38-65(71)66-39-56(22-29-72(66)80)52-16-8-12-47(4)34-52/h5-41H,1-4H3. The third kappa shape index (κ3) is 8.67. The monoisotopic (exact) mass is 1040 g/mol. The minimum atomic E-state index is -4.77. The van der Waals surface area contributed by atoms with Crippen LogP contribution in [0.25, 0.3) is 122 Å². The van der Waals surface area contributed by atoms with Gasteiger partial charge in [0.2, 0.25) is 0 Å². The second kappa shape index (κ2) is 19.4. The Bertz CT molecular complexity index is 4580. The molecular formula is C73H49F3N4. The molecule has 13 rings (SSSR count). The van der Waals surface area contributed by atoms with E-state index in [1.807, 2.05) is 30.3 Å². The molecular weight excluding hydrogens is 990 g/mol. The molecule has 0 fully saturated rings. The quantitative estimate of drug-likeness (QED) is 0.152. The first kappa shape index (κ1) is 49.4. The number of rotatable bonds is 8. The predicted molar refractivity (Wildman–Crippen MR) is 321 cm³/mol. The highest BCUT2D eigenvalue weighted by atomic mass is 19.4. The highest BCUT2D eigenvalue weighted by Gasteiger charge is 2.34. The van der Waals surface area contributed by atoms with Gasteiger partial charge in [-0.1, -0.05) is 156 Å². The number of nitrogens with zero attached hydrogens (tertiary/aromatic N) is 4. The molecule has 80 heavy (non-hydrogen) atoms. The van der Waals surface area contributed by atoms with Crippen LogP contribution in [0.5, 0.6) is 0 Å². The van der Waals surface area contributed by atoms with E-state index in [9.17, 15) is 10.5 Å². The molecule has 0 bridgehead atoms. The second-order valence-corrected chi connectivity index (χ2v) is 21.0.